The van der Waals surface area contributed by atoms with E-state index in [4.69, 9.17) is 4.74 Å². The quantitative estimate of drug-likeness (QED) is 0.859. The number of hydrogen-bond donors (Lipinski definition) is 1. The van der Waals surface area contributed by atoms with E-state index in [0.717, 1.165) is 24.8 Å². The molecule has 18 heavy (non-hydrogen) atoms. The molecule has 0 atom stereocenters. The number of fused-ring (bicyclic) bond motifs is 1. The molecule has 1 aliphatic carbocycles. The average molecular weight is 245 g/mol. The van der Waals surface area contributed by atoms with Gasteiger partial charge in [0.1, 0.15) is 11.4 Å². The Morgan fingerprint density at radius 1 is 1.17 bits per heavy atom. The average Bonchev–Trinajstić information content (AvgIpc) is 2.81. The normalized spacial score (nSPS) is 31.1. The largest absolute Gasteiger partial charge is 0.488 e. The van der Waals surface area contributed by atoms with Gasteiger partial charge in [0.2, 0.25) is 0 Å². The minimum absolute atomic E-state index is 0.0484. The van der Waals surface area contributed by atoms with E-state index >= 15 is 0 Å². The zero-order valence-electron chi connectivity index (χ0n) is 11.5. The van der Waals surface area contributed by atoms with Crippen LogP contribution >= 0.6 is 0 Å². The number of nitrogens with one attached hydrogen (secondary N) is 1. The van der Waals surface area contributed by atoms with Gasteiger partial charge in [-0.2, -0.15) is 0 Å². The Labute approximate surface area is 110 Å². The molecular weight excluding hydrogens is 222 g/mol. The predicted octanol–water partition coefficient (Wildman–Crippen LogP) is 3.64. The van der Waals surface area contributed by atoms with Crippen molar-refractivity contribution in [3.8, 4) is 5.75 Å². The van der Waals surface area contributed by atoms with Crippen LogP contribution in [0.2, 0.25) is 0 Å². The summed E-state index contributed by atoms with van der Waals surface area (Å²) in [7, 11) is 0. The third-order valence-electron chi connectivity index (χ3n) is 4.50. The highest BCUT2D eigenvalue weighted by Gasteiger charge is 2.31. The molecule has 1 heterocycles. The Balaban J connectivity index is 1.72. The van der Waals surface area contributed by atoms with Gasteiger partial charge in [0, 0.05) is 13.1 Å². The van der Waals surface area contributed by atoms with Gasteiger partial charge in [-0.15, -0.1) is 0 Å². The van der Waals surface area contributed by atoms with Gasteiger partial charge in [-0.3, -0.25) is 0 Å². The van der Waals surface area contributed by atoms with Crippen molar-refractivity contribution >= 4 is 0 Å². The molecule has 0 aromatic heterocycles. The van der Waals surface area contributed by atoms with Gasteiger partial charge in [-0.25, -0.2) is 0 Å². The molecule has 1 aromatic rings. The summed E-state index contributed by atoms with van der Waals surface area (Å²) in [5, 5.41) is 3.38. The van der Waals surface area contributed by atoms with Crippen molar-refractivity contribution < 1.29 is 4.74 Å². The lowest BCUT2D eigenvalue weighted by atomic mass is 9.80. The third kappa shape index (κ3) is 2.39. The van der Waals surface area contributed by atoms with E-state index in [1.807, 2.05) is 0 Å². The monoisotopic (exact) mass is 245 g/mol. The van der Waals surface area contributed by atoms with Gasteiger partial charge in [0.05, 0.1) is 0 Å². The Hall–Kier alpha value is -1.02. The summed E-state index contributed by atoms with van der Waals surface area (Å²) in [4.78, 5) is 0. The molecule has 0 bridgehead atoms. The van der Waals surface area contributed by atoms with Gasteiger partial charge >= 0.3 is 0 Å². The van der Waals surface area contributed by atoms with Crippen LogP contribution in [-0.4, -0.2) is 5.60 Å². The van der Waals surface area contributed by atoms with Crippen molar-refractivity contribution in [3.63, 3.8) is 0 Å². The maximum absolute atomic E-state index is 6.29. The summed E-state index contributed by atoms with van der Waals surface area (Å²) in [6.45, 7) is 6.61. The van der Waals surface area contributed by atoms with Crippen LogP contribution in [0.5, 0.6) is 5.75 Å². The van der Waals surface area contributed by atoms with Crippen LogP contribution in [0.25, 0.3) is 0 Å². The Morgan fingerprint density at radius 2 is 1.89 bits per heavy atom. The second-order valence-corrected chi connectivity index (χ2v) is 6.27. The van der Waals surface area contributed by atoms with Gasteiger partial charge in [0.25, 0.3) is 0 Å². The second kappa shape index (κ2) is 4.58. The molecule has 1 fully saturated rings. The highest BCUT2D eigenvalue weighted by atomic mass is 16.5. The molecule has 2 heteroatoms. The van der Waals surface area contributed by atoms with Gasteiger partial charge < -0.3 is 10.1 Å². The molecule has 1 saturated carbocycles. The molecule has 3 rings (SSSR count). The molecule has 2 aliphatic rings. The SMILES string of the molecule is CC1CCC(C)(Oc2ccc3c(c2)CNC3)CC1. The number of rotatable bonds is 2. The predicted molar refractivity (Wildman–Crippen MR) is 73.7 cm³/mol. The highest BCUT2D eigenvalue weighted by molar-refractivity contribution is 5.38. The molecule has 0 unspecified atom stereocenters. The van der Waals surface area contributed by atoms with E-state index in [1.54, 1.807) is 0 Å². The Kier molecular flexibility index (Phi) is 3.06. The lowest BCUT2D eigenvalue weighted by Crippen LogP contribution is -2.36. The smallest absolute Gasteiger partial charge is 0.120 e. The molecule has 1 N–H and O–H groups in total. The first-order chi connectivity index (χ1) is 8.65. The van der Waals surface area contributed by atoms with Crippen LogP contribution in [0.4, 0.5) is 0 Å². The maximum atomic E-state index is 6.29. The summed E-state index contributed by atoms with van der Waals surface area (Å²) in [5.74, 6) is 1.92. The molecule has 2 nitrogen and oxygen atoms in total. The molecule has 1 aliphatic heterocycles. The molecule has 1 aromatic carbocycles. The van der Waals surface area contributed by atoms with E-state index in [0.29, 0.717) is 0 Å². The van der Waals surface area contributed by atoms with Crippen LogP contribution in [0.1, 0.15) is 50.7 Å². The van der Waals surface area contributed by atoms with E-state index in [-0.39, 0.29) is 5.60 Å². The van der Waals surface area contributed by atoms with E-state index in [9.17, 15) is 0 Å². The molecule has 0 radical (unpaired) electrons. The number of benzene rings is 1. The first kappa shape index (κ1) is 12.0. The lowest BCUT2D eigenvalue weighted by Gasteiger charge is -2.36. The fourth-order valence-electron chi connectivity index (χ4n) is 3.09. The summed E-state index contributed by atoms with van der Waals surface area (Å²) in [6, 6.07) is 6.56. The van der Waals surface area contributed by atoms with E-state index in [1.165, 1.54) is 36.8 Å². The second-order valence-electron chi connectivity index (χ2n) is 6.27. The van der Waals surface area contributed by atoms with Crippen LogP contribution < -0.4 is 10.1 Å². The van der Waals surface area contributed by atoms with Gasteiger partial charge in [0.15, 0.2) is 0 Å². The zero-order valence-corrected chi connectivity index (χ0v) is 11.5. The topological polar surface area (TPSA) is 21.3 Å². The van der Waals surface area contributed by atoms with Gasteiger partial charge in [-0.05, 0) is 61.8 Å². The lowest BCUT2D eigenvalue weighted by molar-refractivity contribution is 0.0353. The molecule has 0 amide bonds. The Morgan fingerprint density at radius 3 is 2.67 bits per heavy atom. The Bertz CT molecular complexity index is 433. The highest BCUT2D eigenvalue weighted by Crippen LogP contribution is 2.36. The fourth-order valence-corrected chi connectivity index (χ4v) is 3.09. The van der Waals surface area contributed by atoms with E-state index in [2.05, 4.69) is 37.4 Å². The third-order valence-corrected chi connectivity index (χ3v) is 4.50. The van der Waals surface area contributed by atoms with Crippen molar-refractivity contribution in [3.05, 3.63) is 29.3 Å². The van der Waals surface area contributed by atoms with Gasteiger partial charge in [-0.1, -0.05) is 13.0 Å². The zero-order chi connectivity index (χ0) is 12.6. The van der Waals surface area contributed by atoms with Crippen molar-refractivity contribution in [2.24, 2.45) is 5.92 Å². The van der Waals surface area contributed by atoms with E-state index < -0.39 is 0 Å². The molecular formula is C16H23NO. The number of ether oxygens (including phenoxy) is 1. The standard InChI is InChI=1S/C16H23NO/c1-12-5-7-16(2,8-6-12)18-15-4-3-13-10-17-11-14(13)9-15/h3-4,9,12,17H,5-8,10-11H2,1-2H3. The summed E-state index contributed by atoms with van der Waals surface area (Å²) in [5.41, 5.74) is 2.87. The molecule has 98 valence electrons. The summed E-state index contributed by atoms with van der Waals surface area (Å²) >= 11 is 0. The summed E-state index contributed by atoms with van der Waals surface area (Å²) in [6.07, 6.45) is 4.96. The van der Waals surface area contributed by atoms with Crippen LogP contribution in [0.3, 0.4) is 0 Å². The first-order valence-electron chi connectivity index (χ1n) is 7.16. The maximum Gasteiger partial charge on any atom is 0.120 e. The van der Waals surface area contributed by atoms with Crippen LogP contribution in [0.15, 0.2) is 18.2 Å². The van der Waals surface area contributed by atoms with Crippen molar-refractivity contribution in [1.82, 2.24) is 5.32 Å². The number of hydrogen-bond acceptors (Lipinski definition) is 2. The molecule has 0 spiro atoms. The minimum Gasteiger partial charge on any atom is -0.488 e. The summed E-state index contributed by atoms with van der Waals surface area (Å²) < 4.78 is 6.29. The van der Waals surface area contributed by atoms with Crippen molar-refractivity contribution in [1.29, 1.82) is 0 Å². The van der Waals surface area contributed by atoms with Crippen LogP contribution in [-0.2, 0) is 13.1 Å². The van der Waals surface area contributed by atoms with Crippen LogP contribution in [0, 0.1) is 5.92 Å². The van der Waals surface area contributed by atoms with Crippen molar-refractivity contribution in [2.45, 2.75) is 58.2 Å². The minimum atomic E-state index is 0.0484. The molecule has 0 saturated heterocycles. The first-order valence-corrected chi connectivity index (χ1v) is 7.16. The van der Waals surface area contributed by atoms with Crippen molar-refractivity contribution in [2.75, 3.05) is 0 Å². The fraction of sp³-hybridized carbons (Fsp3) is 0.625.